The molecule has 0 aliphatic heterocycles. The second-order valence-electron chi connectivity index (χ2n) is 5.93. The predicted octanol–water partition coefficient (Wildman–Crippen LogP) is 4.13. The highest BCUT2D eigenvalue weighted by Crippen LogP contribution is 2.28. The summed E-state index contributed by atoms with van der Waals surface area (Å²) in [5.74, 6) is 0.564. The van der Waals surface area contributed by atoms with Crippen molar-refractivity contribution >= 4 is 0 Å². The van der Waals surface area contributed by atoms with E-state index < -0.39 is 0 Å². The van der Waals surface area contributed by atoms with Gasteiger partial charge in [-0.25, -0.2) is 14.4 Å². The number of rotatable bonds is 4. The minimum Gasteiger partial charge on any atom is -0.264 e. The van der Waals surface area contributed by atoms with Crippen molar-refractivity contribution in [2.75, 3.05) is 0 Å². The average Bonchev–Trinajstić information content (AvgIpc) is 3.09. The van der Waals surface area contributed by atoms with Crippen LogP contribution in [0.3, 0.4) is 0 Å². The van der Waals surface area contributed by atoms with Crippen LogP contribution in [0.4, 0.5) is 4.39 Å². The van der Waals surface area contributed by atoms with Crippen molar-refractivity contribution in [2.45, 2.75) is 18.9 Å². The number of hydrogen-bond donors (Lipinski definition) is 0. The third-order valence-electron chi connectivity index (χ3n) is 4.24. The van der Waals surface area contributed by atoms with E-state index >= 15 is 0 Å². The van der Waals surface area contributed by atoms with E-state index in [-0.39, 0.29) is 11.7 Å². The first-order valence-electron chi connectivity index (χ1n) is 8.23. The van der Waals surface area contributed by atoms with Crippen LogP contribution in [-0.2, 0) is 6.54 Å². The number of aromatic nitrogens is 4. The molecule has 0 radical (unpaired) electrons. The molecule has 4 rings (SSSR count). The zero-order valence-electron chi connectivity index (χ0n) is 13.6. The summed E-state index contributed by atoms with van der Waals surface area (Å²) in [5.41, 5.74) is 2.35. The molecule has 25 heavy (non-hydrogen) atoms. The predicted molar refractivity (Wildman–Crippen MR) is 94.4 cm³/mol. The number of nitrogens with zero attached hydrogens (tertiary/aromatic N) is 4. The second-order valence-corrected chi connectivity index (χ2v) is 5.93. The maximum Gasteiger partial charge on any atom is 0.179 e. The minimum atomic E-state index is -0.222. The van der Waals surface area contributed by atoms with Crippen LogP contribution in [0.5, 0.6) is 0 Å². The molecule has 0 amide bonds. The van der Waals surface area contributed by atoms with E-state index in [0.29, 0.717) is 23.6 Å². The molecule has 2 aromatic heterocycles. The van der Waals surface area contributed by atoms with Gasteiger partial charge in [-0.3, -0.25) is 4.68 Å². The molecule has 0 saturated carbocycles. The van der Waals surface area contributed by atoms with Crippen molar-refractivity contribution in [2.24, 2.45) is 0 Å². The smallest absolute Gasteiger partial charge is 0.179 e. The van der Waals surface area contributed by atoms with Crippen molar-refractivity contribution in [3.05, 3.63) is 90.2 Å². The fourth-order valence-corrected chi connectivity index (χ4v) is 2.98. The lowest BCUT2D eigenvalue weighted by atomic mass is 9.97. The summed E-state index contributed by atoms with van der Waals surface area (Å²) in [4.78, 5) is 8.56. The van der Waals surface area contributed by atoms with Gasteiger partial charge < -0.3 is 0 Å². The molecule has 1 atom stereocenters. The molecule has 0 N–H and O–H groups in total. The summed E-state index contributed by atoms with van der Waals surface area (Å²) in [5, 5.41) is 4.66. The van der Waals surface area contributed by atoms with Gasteiger partial charge in [-0.1, -0.05) is 42.5 Å². The Hall–Kier alpha value is -3.08. The Kier molecular flexibility index (Phi) is 4.21. The number of allylic oxidation sites excluding steroid dienone is 4. The van der Waals surface area contributed by atoms with Crippen LogP contribution in [0, 0.1) is 5.82 Å². The molecule has 0 fully saturated rings. The fraction of sp³-hybridized carbons (Fsp3) is 0.150. The minimum absolute atomic E-state index is 0.210. The summed E-state index contributed by atoms with van der Waals surface area (Å²) in [6, 6.07) is 10.6. The first kappa shape index (κ1) is 15.4. The van der Waals surface area contributed by atoms with Crippen LogP contribution in [-0.4, -0.2) is 19.7 Å². The van der Waals surface area contributed by atoms with Crippen LogP contribution in [0.15, 0.2) is 73.1 Å². The Morgan fingerprint density at radius 2 is 1.92 bits per heavy atom. The van der Waals surface area contributed by atoms with E-state index in [4.69, 9.17) is 0 Å². The molecule has 0 bridgehead atoms. The Labute approximate surface area is 145 Å². The second kappa shape index (κ2) is 6.81. The Bertz CT molecular complexity index is 928. The molecule has 1 unspecified atom stereocenters. The molecule has 5 heteroatoms. The summed E-state index contributed by atoms with van der Waals surface area (Å²) < 4.78 is 15.9. The van der Waals surface area contributed by atoms with Crippen molar-refractivity contribution in [1.29, 1.82) is 0 Å². The highest BCUT2D eigenvalue weighted by atomic mass is 19.1. The van der Waals surface area contributed by atoms with Crippen LogP contribution >= 0.6 is 0 Å². The van der Waals surface area contributed by atoms with Crippen molar-refractivity contribution in [1.82, 2.24) is 19.7 Å². The number of benzene rings is 1. The van der Waals surface area contributed by atoms with Gasteiger partial charge in [0.05, 0.1) is 6.54 Å². The lowest BCUT2D eigenvalue weighted by Gasteiger charge is -2.15. The molecule has 2 heterocycles. The van der Waals surface area contributed by atoms with E-state index in [1.165, 1.54) is 6.07 Å². The van der Waals surface area contributed by atoms with E-state index in [0.717, 1.165) is 12.1 Å². The summed E-state index contributed by atoms with van der Waals surface area (Å²) in [6.07, 6.45) is 12.6. The molecule has 1 aliphatic carbocycles. The van der Waals surface area contributed by atoms with Crippen molar-refractivity contribution < 1.29 is 4.39 Å². The zero-order chi connectivity index (χ0) is 17.1. The maximum atomic E-state index is 14.1. The topological polar surface area (TPSA) is 43.6 Å². The molecular weight excluding hydrogens is 315 g/mol. The monoisotopic (exact) mass is 332 g/mol. The zero-order valence-corrected chi connectivity index (χ0v) is 13.6. The molecular formula is C20H17FN4. The SMILES string of the molecule is Fc1ccccc1Cn1nc(-c2ncccn2)cc1C1C=CC=CC1. The van der Waals surface area contributed by atoms with E-state index in [1.54, 1.807) is 30.6 Å². The molecule has 0 spiro atoms. The van der Waals surface area contributed by atoms with Gasteiger partial charge in [0.15, 0.2) is 5.82 Å². The van der Waals surface area contributed by atoms with Gasteiger partial charge in [-0.2, -0.15) is 5.10 Å². The first-order valence-corrected chi connectivity index (χ1v) is 8.23. The summed E-state index contributed by atoms with van der Waals surface area (Å²) in [6.45, 7) is 0.378. The van der Waals surface area contributed by atoms with Gasteiger partial charge in [0.25, 0.3) is 0 Å². The van der Waals surface area contributed by atoms with Gasteiger partial charge in [0, 0.05) is 29.6 Å². The standard InChI is InChI=1S/C20H17FN4/c21-17-10-5-4-9-16(17)14-25-19(15-7-2-1-3-8-15)13-18(24-25)20-22-11-6-12-23-20/h1-7,9-13,15H,8,14H2. The van der Waals surface area contributed by atoms with Gasteiger partial charge in [-0.15, -0.1) is 0 Å². The van der Waals surface area contributed by atoms with Crippen molar-refractivity contribution in [3.63, 3.8) is 0 Å². The Morgan fingerprint density at radius 1 is 1.08 bits per heavy atom. The number of halogens is 1. The molecule has 4 nitrogen and oxygen atoms in total. The molecule has 124 valence electrons. The van der Waals surface area contributed by atoms with Crippen LogP contribution in [0.1, 0.15) is 23.6 Å². The van der Waals surface area contributed by atoms with Gasteiger partial charge in [0.2, 0.25) is 0 Å². The van der Waals surface area contributed by atoms with E-state index in [9.17, 15) is 4.39 Å². The van der Waals surface area contributed by atoms with E-state index in [1.807, 2.05) is 29.0 Å². The lowest BCUT2D eigenvalue weighted by molar-refractivity contribution is 0.568. The number of hydrogen-bond acceptors (Lipinski definition) is 3. The van der Waals surface area contributed by atoms with E-state index in [2.05, 4.69) is 27.2 Å². The highest BCUT2D eigenvalue weighted by molar-refractivity contribution is 5.50. The van der Waals surface area contributed by atoms with Gasteiger partial charge >= 0.3 is 0 Å². The quantitative estimate of drug-likeness (QED) is 0.721. The van der Waals surface area contributed by atoms with Crippen LogP contribution in [0.25, 0.3) is 11.5 Å². The molecule has 1 aromatic carbocycles. The Balaban J connectivity index is 1.75. The molecule has 1 aliphatic rings. The fourth-order valence-electron chi connectivity index (χ4n) is 2.98. The van der Waals surface area contributed by atoms with Crippen molar-refractivity contribution in [3.8, 4) is 11.5 Å². The maximum absolute atomic E-state index is 14.1. The molecule has 0 saturated heterocycles. The average molecular weight is 332 g/mol. The molecule has 3 aromatic rings. The summed E-state index contributed by atoms with van der Waals surface area (Å²) in [7, 11) is 0. The highest BCUT2D eigenvalue weighted by Gasteiger charge is 2.19. The largest absolute Gasteiger partial charge is 0.264 e. The third kappa shape index (κ3) is 3.26. The van der Waals surface area contributed by atoms with Gasteiger partial charge in [-0.05, 0) is 24.6 Å². The first-order chi connectivity index (χ1) is 12.3. The lowest BCUT2D eigenvalue weighted by Crippen LogP contribution is -2.11. The van der Waals surface area contributed by atoms with Gasteiger partial charge in [0.1, 0.15) is 11.5 Å². The van der Waals surface area contributed by atoms with Crippen LogP contribution in [0.2, 0.25) is 0 Å². The van der Waals surface area contributed by atoms with Crippen LogP contribution < -0.4 is 0 Å². The third-order valence-corrected chi connectivity index (χ3v) is 4.24. The Morgan fingerprint density at radius 3 is 2.68 bits per heavy atom. The summed E-state index contributed by atoms with van der Waals surface area (Å²) >= 11 is 0. The normalized spacial score (nSPS) is 16.3.